The van der Waals surface area contributed by atoms with Crippen LogP contribution in [0, 0.1) is 17.2 Å². The number of benzene rings is 3. The summed E-state index contributed by atoms with van der Waals surface area (Å²) in [6.07, 6.45) is 0.0199. The zero-order valence-corrected chi connectivity index (χ0v) is 17.2. The molecule has 1 amide bonds. The number of hydrogen-bond donors (Lipinski definition) is 2. The van der Waals surface area contributed by atoms with Crippen molar-refractivity contribution in [3.05, 3.63) is 108 Å². The van der Waals surface area contributed by atoms with Gasteiger partial charge in [-0.15, -0.1) is 0 Å². The van der Waals surface area contributed by atoms with E-state index in [9.17, 15) is 14.7 Å². The van der Waals surface area contributed by atoms with E-state index in [2.05, 4.69) is 5.32 Å². The summed E-state index contributed by atoms with van der Waals surface area (Å²) in [5, 5.41) is 21.6. The first-order valence-electron chi connectivity index (χ1n) is 10.1. The topological polar surface area (TPSA) is 90.2 Å². The van der Waals surface area contributed by atoms with Gasteiger partial charge in [0, 0.05) is 5.92 Å². The van der Waals surface area contributed by atoms with Crippen molar-refractivity contribution in [2.45, 2.75) is 24.8 Å². The molecule has 0 aliphatic carbocycles. The molecular weight excluding hydrogens is 388 g/mol. The Hall–Kier alpha value is -3.91. The van der Waals surface area contributed by atoms with Crippen molar-refractivity contribution in [1.29, 1.82) is 5.26 Å². The lowest BCUT2D eigenvalue weighted by Gasteiger charge is -2.35. The molecule has 3 aromatic carbocycles. The van der Waals surface area contributed by atoms with Gasteiger partial charge in [-0.1, -0.05) is 91.0 Å². The van der Waals surface area contributed by atoms with Gasteiger partial charge in [0.15, 0.2) is 0 Å². The Balaban J connectivity index is 2.21. The summed E-state index contributed by atoms with van der Waals surface area (Å²) in [4.78, 5) is 25.9. The molecule has 0 heterocycles. The number of nitriles is 1. The molecule has 31 heavy (non-hydrogen) atoms. The monoisotopic (exact) mass is 412 g/mol. The van der Waals surface area contributed by atoms with Crippen LogP contribution in [-0.2, 0) is 15.0 Å². The zero-order chi connectivity index (χ0) is 22.3. The number of carboxylic acid groups (broad SMARTS) is 1. The normalized spacial score (nSPS) is 12.9. The summed E-state index contributed by atoms with van der Waals surface area (Å²) < 4.78 is 0. The molecule has 0 spiro atoms. The number of nitrogens with one attached hydrogen (secondary N) is 1. The van der Waals surface area contributed by atoms with Gasteiger partial charge in [-0.05, 0) is 30.0 Å². The van der Waals surface area contributed by atoms with Crippen molar-refractivity contribution in [1.82, 2.24) is 5.32 Å². The summed E-state index contributed by atoms with van der Waals surface area (Å²) in [5.41, 5.74) is 0.917. The van der Waals surface area contributed by atoms with Crippen LogP contribution in [0.25, 0.3) is 0 Å². The van der Waals surface area contributed by atoms with Crippen LogP contribution in [0.4, 0.5) is 0 Å². The van der Waals surface area contributed by atoms with Crippen molar-refractivity contribution in [3.63, 3.8) is 0 Å². The van der Waals surface area contributed by atoms with Crippen LogP contribution in [0.1, 0.15) is 30.0 Å². The Bertz CT molecular complexity index is 963. The predicted molar refractivity (Wildman–Crippen MR) is 118 cm³/mol. The number of carboxylic acids is 1. The van der Waals surface area contributed by atoms with E-state index in [1.54, 1.807) is 6.92 Å². The second-order valence-corrected chi connectivity index (χ2v) is 7.48. The molecule has 0 unspecified atom stereocenters. The number of carbonyl (C=O) groups excluding carboxylic acids is 1. The third-order valence-electron chi connectivity index (χ3n) is 5.37. The van der Waals surface area contributed by atoms with Crippen LogP contribution < -0.4 is 5.32 Å². The molecule has 0 saturated carbocycles. The molecule has 0 aromatic heterocycles. The maximum absolute atomic E-state index is 14.0. The van der Waals surface area contributed by atoms with Crippen LogP contribution in [0.15, 0.2) is 91.0 Å². The molecule has 0 fully saturated rings. The first kappa shape index (κ1) is 21.8. The number of rotatable bonds is 8. The highest BCUT2D eigenvalue weighted by Gasteiger charge is 2.45. The number of nitrogens with zero attached hydrogens (tertiary/aromatic N) is 1. The van der Waals surface area contributed by atoms with Crippen LogP contribution in [0.3, 0.4) is 0 Å². The minimum absolute atomic E-state index is 0.0199. The average molecular weight is 412 g/mol. The molecule has 0 aliphatic heterocycles. The standard InChI is InChI=1S/C26H24N2O3/c1-19(18-27)17-23(24(29)30)28-25(31)26(20-11-5-2-6-12-20,21-13-7-3-8-14-21)22-15-9-4-10-16-22/h2-16,19,23H,17H2,1H3,(H,28,31)(H,29,30)/t19-,23+/m0/s1. The smallest absolute Gasteiger partial charge is 0.326 e. The molecule has 156 valence electrons. The highest BCUT2D eigenvalue weighted by Crippen LogP contribution is 2.39. The van der Waals surface area contributed by atoms with E-state index in [0.717, 1.165) is 16.7 Å². The average Bonchev–Trinajstić information content (AvgIpc) is 2.81. The molecule has 0 aliphatic rings. The molecular formula is C26H24N2O3. The minimum atomic E-state index is -1.26. The zero-order valence-electron chi connectivity index (χ0n) is 17.2. The summed E-state index contributed by atoms with van der Waals surface area (Å²) in [6, 6.07) is 28.8. The van der Waals surface area contributed by atoms with Gasteiger partial charge in [-0.2, -0.15) is 5.26 Å². The summed E-state index contributed by atoms with van der Waals surface area (Å²) in [7, 11) is 0. The van der Waals surface area contributed by atoms with Crippen LogP contribution in [0.2, 0.25) is 0 Å². The molecule has 3 aromatic rings. The predicted octanol–water partition coefficient (Wildman–Crippen LogP) is 4.14. The lowest BCUT2D eigenvalue weighted by molar-refractivity contribution is -0.142. The van der Waals surface area contributed by atoms with E-state index in [1.165, 1.54) is 0 Å². The molecule has 0 saturated heterocycles. The van der Waals surface area contributed by atoms with Gasteiger partial charge in [0.05, 0.1) is 6.07 Å². The molecule has 3 rings (SSSR count). The number of amides is 1. The fourth-order valence-corrected chi connectivity index (χ4v) is 3.85. The molecule has 5 nitrogen and oxygen atoms in total. The van der Waals surface area contributed by atoms with Gasteiger partial charge < -0.3 is 10.4 Å². The fraction of sp³-hybridized carbons (Fsp3) is 0.192. The van der Waals surface area contributed by atoms with Crippen LogP contribution >= 0.6 is 0 Å². The Morgan fingerprint density at radius 3 is 1.58 bits per heavy atom. The van der Waals surface area contributed by atoms with E-state index >= 15 is 0 Å². The molecule has 5 heteroatoms. The second-order valence-electron chi connectivity index (χ2n) is 7.48. The molecule has 2 N–H and O–H groups in total. The Labute approximate surface area is 182 Å². The van der Waals surface area contributed by atoms with Crippen molar-refractivity contribution in [2.24, 2.45) is 5.92 Å². The van der Waals surface area contributed by atoms with E-state index in [-0.39, 0.29) is 6.42 Å². The first-order valence-corrected chi connectivity index (χ1v) is 10.1. The van der Waals surface area contributed by atoms with E-state index in [0.29, 0.717) is 0 Å². The highest BCUT2D eigenvalue weighted by molar-refractivity contribution is 5.98. The van der Waals surface area contributed by atoms with E-state index in [1.807, 2.05) is 97.1 Å². The van der Waals surface area contributed by atoms with Crippen molar-refractivity contribution in [2.75, 3.05) is 0 Å². The third-order valence-corrected chi connectivity index (χ3v) is 5.37. The number of aliphatic carboxylic acids is 1. The summed E-state index contributed by atoms with van der Waals surface area (Å²) in [5.74, 6) is -2.13. The largest absolute Gasteiger partial charge is 0.480 e. The van der Waals surface area contributed by atoms with Crippen molar-refractivity contribution < 1.29 is 14.7 Å². The quantitative estimate of drug-likeness (QED) is 0.544. The molecule has 0 radical (unpaired) electrons. The van der Waals surface area contributed by atoms with Crippen molar-refractivity contribution in [3.8, 4) is 6.07 Å². The lowest BCUT2D eigenvalue weighted by Crippen LogP contribution is -2.52. The SMILES string of the molecule is C[C@H](C#N)C[C@@H](NC(=O)C(c1ccccc1)(c1ccccc1)c1ccccc1)C(=O)O. The summed E-state index contributed by atoms with van der Waals surface area (Å²) >= 11 is 0. The minimum Gasteiger partial charge on any atom is -0.480 e. The van der Waals surface area contributed by atoms with Crippen molar-refractivity contribution >= 4 is 11.9 Å². The third kappa shape index (κ3) is 4.49. The van der Waals surface area contributed by atoms with E-state index in [4.69, 9.17) is 5.26 Å². The maximum Gasteiger partial charge on any atom is 0.326 e. The Morgan fingerprint density at radius 2 is 1.26 bits per heavy atom. The highest BCUT2D eigenvalue weighted by atomic mass is 16.4. The first-order chi connectivity index (χ1) is 15.0. The van der Waals surface area contributed by atoms with Gasteiger partial charge in [0.2, 0.25) is 5.91 Å². The van der Waals surface area contributed by atoms with Gasteiger partial charge >= 0.3 is 5.97 Å². The number of hydrogen-bond acceptors (Lipinski definition) is 3. The lowest BCUT2D eigenvalue weighted by atomic mass is 9.68. The Kier molecular flexibility index (Phi) is 6.84. The van der Waals surface area contributed by atoms with Crippen LogP contribution in [0.5, 0.6) is 0 Å². The van der Waals surface area contributed by atoms with Gasteiger partial charge in [-0.3, -0.25) is 4.79 Å². The van der Waals surface area contributed by atoms with Gasteiger partial charge in [-0.25, -0.2) is 4.79 Å². The fourth-order valence-electron chi connectivity index (χ4n) is 3.85. The Morgan fingerprint density at radius 1 is 0.871 bits per heavy atom. The van der Waals surface area contributed by atoms with Gasteiger partial charge in [0.1, 0.15) is 11.5 Å². The maximum atomic E-state index is 14.0. The van der Waals surface area contributed by atoms with Crippen LogP contribution in [-0.4, -0.2) is 23.0 Å². The second kappa shape index (κ2) is 9.73. The van der Waals surface area contributed by atoms with Gasteiger partial charge in [0.25, 0.3) is 0 Å². The molecule has 0 bridgehead atoms. The summed E-state index contributed by atoms with van der Waals surface area (Å²) in [6.45, 7) is 1.64. The molecule has 2 atom stereocenters. The van der Waals surface area contributed by atoms with E-state index < -0.39 is 29.3 Å². The number of carbonyl (C=O) groups is 2.